The molecule has 0 heterocycles. The molecule has 1 rings (SSSR count). The molecule has 118 valence electrons. The van der Waals surface area contributed by atoms with E-state index in [2.05, 4.69) is 21.2 Å². The van der Waals surface area contributed by atoms with Gasteiger partial charge in [-0.05, 0) is 46.5 Å². The average molecular weight is 368 g/mol. The lowest BCUT2D eigenvalue weighted by atomic mass is 10.1. The highest BCUT2D eigenvalue weighted by Crippen LogP contribution is 2.31. The fourth-order valence-electron chi connectivity index (χ4n) is 1.81. The zero-order chi connectivity index (χ0) is 16.2. The van der Waals surface area contributed by atoms with E-state index in [1.54, 1.807) is 0 Å². The summed E-state index contributed by atoms with van der Waals surface area (Å²) in [5, 5.41) is 12.1. The van der Waals surface area contributed by atoms with Gasteiger partial charge in [0.1, 0.15) is 0 Å². The van der Waals surface area contributed by atoms with Gasteiger partial charge in [0, 0.05) is 11.0 Å². The maximum Gasteiger partial charge on any atom is 0.416 e. The molecule has 0 spiro atoms. The van der Waals surface area contributed by atoms with Crippen LogP contribution in [0, 0.1) is 5.92 Å². The minimum atomic E-state index is -4.51. The summed E-state index contributed by atoms with van der Waals surface area (Å²) in [6.07, 6.45) is -4.73. The fourth-order valence-corrected chi connectivity index (χ4v) is 2.24. The molecular weight excluding hydrogens is 351 g/mol. The van der Waals surface area contributed by atoms with Crippen molar-refractivity contribution in [3.05, 3.63) is 33.8 Å². The smallest absolute Gasteiger partial charge is 0.391 e. The van der Waals surface area contributed by atoms with Gasteiger partial charge in [-0.25, -0.2) is 0 Å². The lowest BCUT2D eigenvalue weighted by molar-refractivity contribution is -0.137. The van der Waals surface area contributed by atoms with Gasteiger partial charge in [-0.3, -0.25) is 4.79 Å². The largest absolute Gasteiger partial charge is 0.416 e. The first-order valence-corrected chi connectivity index (χ1v) is 7.23. The first kappa shape index (κ1) is 18.0. The predicted molar refractivity (Wildman–Crippen MR) is 76.9 cm³/mol. The van der Waals surface area contributed by atoms with Gasteiger partial charge < -0.3 is 10.4 Å². The van der Waals surface area contributed by atoms with Crippen molar-refractivity contribution < 1.29 is 23.1 Å². The second-order valence-corrected chi connectivity index (χ2v) is 6.04. The third-order valence-corrected chi connectivity index (χ3v) is 3.47. The number of nitrogens with one attached hydrogen (secondary N) is 1. The normalized spacial score (nSPS) is 13.3. The standard InChI is InChI=1S/C14H17BrF3NO2/c1-8(2)5-10(20)7-19-13(21)11-6-9(14(16,17)18)3-4-12(11)15/h3-4,6,8,10,20H,5,7H2,1-2H3,(H,19,21). The number of halogens is 4. The lowest BCUT2D eigenvalue weighted by Crippen LogP contribution is -2.33. The van der Waals surface area contributed by atoms with Crippen molar-refractivity contribution in [2.24, 2.45) is 5.92 Å². The molecule has 0 radical (unpaired) electrons. The van der Waals surface area contributed by atoms with Crippen LogP contribution in [0.5, 0.6) is 0 Å². The number of rotatable bonds is 5. The van der Waals surface area contributed by atoms with Crippen LogP contribution in [-0.4, -0.2) is 23.7 Å². The monoisotopic (exact) mass is 367 g/mol. The number of aliphatic hydroxyl groups excluding tert-OH is 1. The molecule has 2 N–H and O–H groups in total. The molecule has 0 aliphatic carbocycles. The summed E-state index contributed by atoms with van der Waals surface area (Å²) in [6, 6.07) is 2.87. The Morgan fingerprint density at radius 3 is 2.52 bits per heavy atom. The highest BCUT2D eigenvalue weighted by Gasteiger charge is 2.31. The van der Waals surface area contributed by atoms with Gasteiger partial charge in [0.2, 0.25) is 0 Å². The molecular formula is C14H17BrF3NO2. The van der Waals surface area contributed by atoms with E-state index in [1.165, 1.54) is 6.07 Å². The highest BCUT2D eigenvalue weighted by atomic mass is 79.9. The number of hydrogen-bond donors (Lipinski definition) is 2. The van der Waals surface area contributed by atoms with Crippen LogP contribution < -0.4 is 5.32 Å². The number of carbonyl (C=O) groups excluding carboxylic acids is 1. The van der Waals surface area contributed by atoms with E-state index in [4.69, 9.17) is 0 Å². The summed E-state index contributed by atoms with van der Waals surface area (Å²) >= 11 is 3.05. The SMILES string of the molecule is CC(C)CC(O)CNC(=O)c1cc(C(F)(F)F)ccc1Br. The molecule has 21 heavy (non-hydrogen) atoms. The fraction of sp³-hybridized carbons (Fsp3) is 0.500. The van der Waals surface area contributed by atoms with Gasteiger partial charge >= 0.3 is 6.18 Å². The van der Waals surface area contributed by atoms with Crippen LogP contribution in [0.3, 0.4) is 0 Å². The van der Waals surface area contributed by atoms with E-state index in [0.717, 1.165) is 12.1 Å². The summed E-state index contributed by atoms with van der Waals surface area (Å²) in [5.74, 6) is -0.395. The van der Waals surface area contributed by atoms with E-state index in [1.807, 2.05) is 13.8 Å². The zero-order valence-corrected chi connectivity index (χ0v) is 13.3. The molecule has 1 aromatic rings. The van der Waals surface area contributed by atoms with Gasteiger partial charge in [0.15, 0.2) is 0 Å². The molecule has 1 atom stereocenters. The Balaban J connectivity index is 2.78. The summed E-state index contributed by atoms with van der Waals surface area (Å²) in [5.41, 5.74) is -1.000. The number of carbonyl (C=O) groups is 1. The summed E-state index contributed by atoms with van der Waals surface area (Å²) < 4.78 is 38.2. The number of amides is 1. The molecule has 1 unspecified atom stereocenters. The van der Waals surface area contributed by atoms with Crippen LogP contribution >= 0.6 is 15.9 Å². The minimum absolute atomic E-state index is 0.000299. The zero-order valence-electron chi connectivity index (χ0n) is 11.7. The maximum absolute atomic E-state index is 12.6. The van der Waals surface area contributed by atoms with Crippen LogP contribution in [0.2, 0.25) is 0 Å². The van der Waals surface area contributed by atoms with Crippen molar-refractivity contribution in [1.29, 1.82) is 0 Å². The Morgan fingerprint density at radius 1 is 1.38 bits per heavy atom. The molecule has 1 amide bonds. The Hall–Kier alpha value is -1.08. The van der Waals surface area contributed by atoms with Gasteiger partial charge in [0.25, 0.3) is 5.91 Å². The van der Waals surface area contributed by atoms with Crippen LogP contribution in [0.1, 0.15) is 36.2 Å². The molecule has 0 fully saturated rings. The van der Waals surface area contributed by atoms with Crippen LogP contribution in [0.4, 0.5) is 13.2 Å². The number of hydrogen-bond acceptors (Lipinski definition) is 2. The highest BCUT2D eigenvalue weighted by molar-refractivity contribution is 9.10. The third kappa shape index (κ3) is 5.67. The first-order chi connectivity index (χ1) is 9.61. The molecule has 0 saturated carbocycles. The van der Waals surface area contributed by atoms with E-state index >= 15 is 0 Å². The van der Waals surface area contributed by atoms with Gasteiger partial charge in [-0.1, -0.05) is 13.8 Å². The van der Waals surface area contributed by atoms with Crippen LogP contribution in [0.15, 0.2) is 22.7 Å². The number of benzene rings is 1. The van der Waals surface area contributed by atoms with Crippen molar-refractivity contribution in [2.45, 2.75) is 32.5 Å². The lowest BCUT2D eigenvalue weighted by Gasteiger charge is -2.15. The van der Waals surface area contributed by atoms with Crippen molar-refractivity contribution in [3.8, 4) is 0 Å². The molecule has 3 nitrogen and oxygen atoms in total. The molecule has 1 aromatic carbocycles. The number of aliphatic hydroxyl groups is 1. The quantitative estimate of drug-likeness (QED) is 0.835. The topological polar surface area (TPSA) is 49.3 Å². The van der Waals surface area contributed by atoms with Crippen molar-refractivity contribution in [3.63, 3.8) is 0 Å². The Kier molecular flexibility index (Phi) is 6.22. The second kappa shape index (κ2) is 7.26. The van der Waals surface area contributed by atoms with Gasteiger partial charge in [-0.15, -0.1) is 0 Å². The average Bonchev–Trinajstić information content (AvgIpc) is 2.34. The molecule has 0 saturated heterocycles. The Labute approximate surface area is 129 Å². The van der Waals surface area contributed by atoms with Crippen molar-refractivity contribution >= 4 is 21.8 Å². The third-order valence-electron chi connectivity index (χ3n) is 2.78. The second-order valence-electron chi connectivity index (χ2n) is 5.19. The molecule has 0 aromatic heterocycles. The molecule has 0 bridgehead atoms. The van der Waals surface area contributed by atoms with E-state index in [9.17, 15) is 23.1 Å². The van der Waals surface area contributed by atoms with E-state index in [0.29, 0.717) is 6.42 Å². The summed E-state index contributed by atoms with van der Waals surface area (Å²) in [4.78, 5) is 11.9. The van der Waals surface area contributed by atoms with Crippen molar-refractivity contribution in [1.82, 2.24) is 5.32 Å². The van der Waals surface area contributed by atoms with E-state index in [-0.39, 0.29) is 22.5 Å². The summed E-state index contributed by atoms with van der Waals surface area (Å²) in [6.45, 7) is 3.85. The van der Waals surface area contributed by atoms with Gasteiger partial charge in [0.05, 0.1) is 17.2 Å². The predicted octanol–water partition coefficient (Wildman–Crippen LogP) is 3.60. The molecule has 7 heteroatoms. The summed E-state index contributed by atoms with van der Waals surface area (Å²) in [7, 11) is 0. The molecule has 0 aliphatic heterocycles. The Morgan fingerprint density at radius 2 is 2.00 bits per heavy atom. The van der Waals surface area contributed by atoms with Gasteiger partial charge in [-0.2, -0.15) is 13.2 Å². The number of alkyl halides is 3. The van der Waals surface area contributed by atoms with Crippen LogP contribution in [-0.2, 0) is 6.18 Å². The van der Waals surface area contributed by atoms with Crippen LogP contribution in [0.25, 0.3) is 0 Å². The first-order valence-electron chi connectivity index (χ1n) is 6.44. The maximum atomic E-state index is 12.6. The Bertz CT molecular complexity index is 503. The van der Waals surface area contributed by atoms with Crippen molar-refractivity contribution in [2.75, 3.05) is 6.54 Å². The minimum Gasteiger partial charge on any atom is -0.391 e. The molecule has 0 aliphatic rings. The van der Waals surface area contributed by atoms with E-state index < -0.39 is 23.8 Å².